The van der Waals surface area contributed by atoms with E-state index in [2.05, 4.69) is 4.98 Å². The number of halogens is 3. The largest absolute Gasteiger partial charge is 0.477 e. The SMILES string of the molecule is Cc1c(C(=O)O)c(OCc2ccccc2)nc(-c2ccc(Cl)cc2Cl)c1-c1ccc(Cl)cc1. The lowest BCUT2D eigenvalue weighted by Gasteiger charge is -2.19. The number of hydrogen-bond acceptors (Lipinski definition) is 3. The van der Waals surface area contributed by atoms with Crippen LogP contribution in [-0.4, -0.2) is 16.1 Å². The van der Waals surface area contributed by atoms with Gasteiger partial charge in [-0.2, -0.15) is 0 Å². The molecule has 0 unspecified atom stereocenters. The molecule has 4 nitrogen and oxygen atoms in total. The standard InChI is InChI=1S/C26H18Cl3NO3/c1-15-22(17-7-9-18(27)10-8-17)24(20-12-11-19(28)13-21(20)29)30-25(23(15)26(31)32)33-14-16-5-3-2-4-6-16/h2-13H,14H2,1H3,(H,31,32). The molecule has 0 radical (unpaired) electrons. The lowest BCUT2D eigenvalue weighted by atomic mass is 9.92. The molecule has 0 saturated carbocycles. The number of aromatic nitrogens is 1. The van der Waals surface area contributed by atoms with E-state index in [9.17, 15) is 9.90 Å². The van der Waals surface area contributed by atoms with Crippen molar-refractivity contribution >= 4 is 40.8 Å². The molecule has 166 valence electrons. The molecule has 7 heteroatoms. The van der Waals surface area contributed by atoms with Crippen molar-refractivity contribution in [2.75, 3.05) is 0 Å². The highest BCUT2D eigenvalue weighted by atomic mass is 35.5. The van der Waals surface area contributed by atoms with Crippen LogP contribution >= 0.6 is 34.8 Å². The van der Waals surface area contributed by atoms with Crippen LogP contribution in [0.25, 0.3) is 22.4 Å². The second kappa shape index (κ2) is 9.84. The highest BCUT2D eigenvalue weighted by Crippen LogP contribution is 2.41. The molecule has 1 N–H and O–H groups in total. The molecule has 3 aromatic carbocycles. The van der Waals surface area contributed by atoms with Crippen molar-refractivity contribution < 1.29 is 14.6 Å². The van der Waals surface area contributed by atoms with Gasteiger partial charge in [-0.15, -0.1) is 0 Å². The van der Waals surface area contributed by atoms with Crippen molar-refractivity contribution in [2.45, 2.75) is 13.5 Å². The topological polar surface area (TPSA) is 59.4 Å². The predicted molar refractivity (Wildman–Crippen MR) is 133 cm³/mol. The molecule has 0 aliphatic carbocycles. The smallest absolute Gasteiger partial charge is 0.341 e. The summed E-state index contributed by atoms with van der Waals surface area (Å²) in [6, 6.07) is 21.7. The first-order chi connectivity index (χ1) is 15.8. The minimum atomic E-state index is -1.13. The Morgan fingerprint density at radius 2 is 1.61 bits per heavy atom. The Labute approximate surface area is 206 Å². The van der Waals surface area contributed by atoms with Gasteiger partial charge in [-0.1, -0.05) is 77.3 Å². The number of rotatable bonds is 6. The van der Waals surface area contributed by atoms with Crippen LogP contribution in [0, 0.1) is 6.92 Å². The third kappa shape index (κ3) is 4.98. The van der Waals surface area contributed by atoms with Gasteiger partial charge in [0.2, 0.25) is 5.88 Å². The predicted octanol–water partition coefficient (Wildman–Crippen LogP) is 7.96. The van der Waals surface area contributed by atoms with Crippen LogP contribution in [0.15, 0.2) is 72.8 Å². The van der Waals surface area contributed by atoms with Crippen LogP contribution in [-0.2, 0) is 6.61 Å². The van der Waals surface area contributed by atoms with Crippen LogP contribution in [0.1, 0.15) is 21.5 Å². The maximum absolute atomic E-state index is 12.3. The molecule has 1 heterocycles. The third-order valence-electron chi connectivity index (χ3n) is 5.17. The fourth-order valence-corrected chi connectivity index (χ4v) is 4.23. The van der Waals surface area contributed by atoms with E-state index in [1.54, 1.807) is 37.3 Å². The molecule has 0 atom stereocenters. The Balaban J connectivity index is 1.95. The summed E-state index contributed by atoms with van der Waals surface area (Å²) >= 11 is 18.7. The van der Waals surface area contributed by atoms with Crippen molar-refractivity contribution in [2.24, 2.45) is 0 Å². The fourth-order valence-electron chi connectivity index (χ4n) is 3.60. The number of hydrogen-bond donors (Lipinski definition) is 1. The molecular formula is C26H18Cl3NO3. The summed E-state index contributed by atoms with van der Waals surface area (Å²) in [5.74, 6) is -1.12. The van der Waals surface area contributed by atoms with Crippen molar-refractivity contribution in [3.05, 3.63) is 105 Å². The Bertz CT molecular complexity index is 1320. The first-order valence-corrected chi connectivity index (χ1v) is 11.1. The van der Waals surface area contributed by atoms with Gasteiger partial charge in [0, 0.05) is 21.2 Å². The van der Waals surface area contributed by atoms with Crippen LogP contribution in [0.5, 0.6) is 5.88 Å². The highest BCUT2D eigenvalue weighted by molar-refractivity contribution is 6.36. The Morgan fingerprint density at radius 3 is 2.24 bits per heavy atom. The average molecular weight is 499 g/mol. The normalized spacial score (nSPS) is 10.8. The van der Waals surface area contributed by atoms with Crippen molar-refractivity contribution in [3.8, 4) is 28.3 Å². The van der Waals surface area contributed by atoms with Gasteiger partial charge in [0.05, 0.1) is 10.7 Å². The second-order valence-corrected chi connectivity index (χ2v) is 8.63. The molecular weight excluding hydrogens is 481 g/mol. The molecule has 4 rings (SSSR count). The average Bonchev–Trinajstić information content (AvgIpc) is 2.78. The van der Waals surface area contributed by atoms with E-state index in [1.165, 1.54) is 0 Å². The molecule has 33 heavy (non-hydrogen) atoms. The monoisotopic (exact) mass is 497 g/mol. The molecule has 1 aromatic heterocycles. The van der Waals surface area contributed by atoms with Gasteiger partial charge in [0.1, 0.15) is 12.2 Å². The van der Waals surface area contributed by atoms with Crippen LogP contribution < -0.4 is 4.74 Å². The van der Waals surface area contributed by atoms with Gasteiger partial charge in [-0.3, -0.25) is 0 Å². The highest BCUT2D eigenvalue weighted by Gasteiger charge is 2.25. The number of nitrogens with zero attached hydrogens (tertiary/aromatic N) is 1. The van der Waals surface area contributed by atoms with E-state index in [-0.39, 0.29) is 18.1 Å². The molecule has 0 aliphatic heterocycles. The zero-order valence-corrected chi connectivity index (χ0v) is 19.7. The second-order valence-electron chi connectivity index (χ2n) is 7.35. The Hall–Kier alpha value is -3.05. The summed E-state index contributed by atoms with van der Waals surface area (Å²) in [6.07, 6.45) is 0. The molecule has 0 aliphatic rings. The summed E-state index contributed by atoms with van der Waals surface area (Å²) in [4.78, 5) is 16.9. The summed E-state index contributed by atoms with van der Waals surface area (Å²) in [5.41, 5.74) is 3.86. The Kier molecular flexibility index (Phi) is 6.89. The zero-order chi connectivity index (χ0) is 23.5. The first kappa shape index (κ1) is 23.1. The van der Waals surface area contributed by atoms with Gasteiger partial charge < -0.3 is 9.84 Å². The number of pyridine rings is 1. The molecule has 0 fully saturated rings. The quantitative estimate of drug-likeness (QED) is 0.293. The number of benzene rings is 3. The van der Waals surface area contributed by atoms with Gasteiger partial charge in [-0.25, -0.2) is 9.78 Å². The van der Waals surface area contributed by atoms with Crippen molar-refractivity contribution in [1.82, 2.24) is 4.98 Å². The van der Waals surface area contributed by atoms with Crippen LogP contribution in [0.4, 0.5) is 0 Å². The minimum absolute atomic E-state index is 0.00952. The molecule has 0 saturated heterocycles. The third-order valence-corrected chi connectivity index (χ3v) is 5.97. The van der Waals surface area contributed by atoms with E-state index in [0.29, 0.717) is 37.5 Å². The van der Waals surface area contributed by atoms with E-state index in [4.69, 9.17) is 39.5 Å². The van der Waals surface area contributed by atoms with E-state index in [0.717, 1.165) is 11.1 Å². The minimum Gasteiger partial charge on any atom is -0.477 e. The van der Waals surface area contributed by atoms with E-state index >= 15 is 0 Å². The summed E-state index contributed by atoms with van der Waals surface area (Å²) in [7, 11) is 0. The Morgan fingerprint density at radius 1 is 0.939 bits per heavy atom. The van der Waals surface area contributed by atoms with Crippen molar-refractivity contribution in [1.29, 1.82) is 0 Å². The maximum atomic E-state index is 12.3. The summed E-state index contributed by atoms with van der Waals surface area (Å²) in [6.45, 7) is 1.90. The number of aromatic carboxylic acids is 1. The van der Waals surface area contributed by atoms with Crippen LogP contribution in [0.2, 0.25) is 15.1 Å². The van der Waals surface area contributed by atoms with Gasteiger partial charge in [-0.05, 0) is 53.9 Å². The fraction of sp³-hybridized carbons (Fsp3) is 0.0769. The molecule has 0 spiro atoms. The van der Waals surface area contributed by atoms with Crippen molar-refractivity contribution in [3.63, 3.8) is 0 Å². The number of ether oxygens (including phenoxy) is 1. The van der Waals surface area contributed by atoms with Gasteiger partial charge >= 0.3 is 5.97 Å². The van der Waals surface area contributed by atoms with Gasteiger partial charge in [0.25, 0.3) is 0 Å². The summed E-state index contributed by atoms with van der Waals surface area (Å²) < 4.78 is 5.92. The van der Waals surface area contributed by atoms with E-state index < -0.39 is 5.97 Å². The lowest BCUT2D eigenvalue weighted by molar-refractivity contribution is 0.0690. The summed E-state index contributed by atoms with van der Waals surface area (Å²) in [5, 5.41) is 11.5. The van der Waals surface area contributed by atoms with E-state index in [1.807, 2.05) is 42.5 Å². The first-order valence-electron chi connectivity index (χ1n) is 10.0. The molecule has 0 bridgehead atoms. The maximum Gasteiger partial charge on any atom is 0.341 e. The van der Waals surface area contributed by atoms with Crippen LogP contribution in [0.3, 0.4) is 0 Å². The van der Waals surface area contributed by atoms with Gasteiger partial charge in [0.15, 0.2) is 0 Å². The number of carbonyl (C=O) groups is 1. The zero-order valence-electron chi connectivity index (χ0n) is 17.5. The lowest BCUT2D eigenvalue weighted by Crippen LogP contribution is -2.10. The number of carboxylic acid groups (broad SMARTS) is 1. The number of carboxylic acids is 1. The molecule has 4 aromatic rings. The molecule has 0 amide bonds.